The van der Waals surface area contributed by atoms with Gasteiger partial charge in [0.05, 0.1) is 28.9 Å². The lowest BCUT2D eigenvalue weighted by atomic mass is 10.1. The molecular weight excluding hydrogens is 373 g/mol. The number of fused-ring (bicyclic) bond motifs is 3. The minimum absolute atomic E-state index is 0.00613. The van der Waals surface area contributed by atoms with Gasteiger partial charge in [-0.3, -0.25) is 4.79 Å². The Hall–Kier alpha value is -2.49. The quantitative estimate of drug-likeness (QED) is 0.705. The Morgan fingerprint density at radius 2 is 1.96 bits per heavy atom. The molecule has 9 heteroatoms. The minimum atomic E-state index is -1.37. The van der Waals surface area contributed by atoms with Crippen molar-refractivity contribution in [3.8, 4) is 0 Å². The standard InChI is InChI=1S/C18H18FN3O4S/c1-20-2-4-21(5-3-20)14-7-13-11(6-12(14)19)16(24)15(18(25)26)17-22(13)10(8-23)9-27-17/h6-7,9,23H,2-5,8H2,1H3,(H,25,26). The van der Waals surface area contributed by atoms with E-state index in [4.69, 9.17) is 0 Å². The van der Waals surface area contributed by atoms with Crippen LogP contribution in [0.15, 0.2) is 22.3 Å². The monoisotopic (exact) mass is 391 g/mol. The number of hydrogen-bond acceptors (Lipinski definition) is 6. The van der Waals surface area contributed by atoms with Crippen molar-refractivity contribution in [1.82, 2.24) is 9.30 Å². The van der Waals surface area contributed by atoms with E-state index in [-0.39, 0.29) is 16.8 Å². The first-order valence-corrected chi connectivity index (χ1v) is 9.36. The van der Waals surface area contributed by atoms with E-state index in [0.29, 0.717) is 30.0 Å². The first kappa shape index (κ1) is 17.9. The van der Waals surface area contributed by atoms with E-state index in [1.54, 1.807) is 15.8 Å². The second-order valence-electron chi connectivity index (χ2n) is 6.65. The van der Waals surface area contributed by atoms with Crippen LogP contribution in [-0.2, 0) is 6.61 Å². The highest BCUT2D eigenvalue weighted by Gasteiger charge is 2.24. The molecule has 0 radical (unpaired) electrons. The second-order valence-corrected chi connectivity index (χ2v) is 7.50. The third-order valence-electron chi connectivity index (χ3n) is 5.01. The molecule has 1 fully saturated rings. The Morgan fingerprint density at radius 1 is 1.26 bits per heavy atom. The summed E-state index contributed by atoms with van der Waals surface area (Å²) in [5.41, 5.74) is 0.118. The van der Waals surface area contributed by atoms with Crippen LogP contribution < -0.4 is 10.3 Å². The number of nitrogens with zero attached hydrogens (tertiary/aromatic N) is 3. The summed E-state index contributed by atoms with van der Waals surface area (Å²) >= 11 is 1.08. The van der Waals surface area contributed by atoms with Gasteiger partial charge in [-0.25, -0.2) is 9.18 Å². The molecule has 0 unspecified atom stereocenters. The van der Waals surface area contributed by atoms with Crippen molar-refractivity contribution in [2.75, 3.05) is 38.1 Å². The fraction of sp³-hybridized carbons (Fsp3) is 0.333. The number of anilines is 1. The number of hydrogen-bond donors (Lipinski definition) is 2. The number of halogens is 1. The number of likely N-dealkylation sites (N-methyl/N-ethyl adjacent to an activating group) is 1. The Balaban J connectivity index is 2.04. The number of thiazole rings is 1. The summed E-state index contributed by atoms with van der Waals surface area (Å²) in [6.45, 7) is 2.58. The van der Waals surface area contributed by atoms with Crippen molar-refractivity contribution in [3.63, 3.8) is 0 Å². The predicted octanol–water partition coefficient (Wildman–Crippen LogP) is 1.60. The molecule has 0 spiro atoms. The van der Waals surface area contributed by atoms with E-state index < -0.39 is 22.8 Å². The number of aromatic carboxylic acids is 1. The molecule has 0 bridgehead atoms. The van der Waals surface area contributed by atoms with Crippen LogP contribution in [0, 0.1) is 5.82 Å². The second kappa shape index (κ2) is 6.59. The molecule has 7 nitrogen and oxygen atoms in total. The molecule has 142 valence electrons. The van der Waals surface area contributed by atoms with E-state index in [1.165, 1.54) is 0 Å². The van der Waals surface area contributed by atoms with Gasteiger partial charge in [0.1, 0.15) is 16.2 Å². The third kappa shape index (κ3) is 2.78. The van der Waals surface area contributed by atoms with Crippen molar-refractivity contribution in [2.45, 2.75) is 6.61 Å². The van der Waals surface area contributed by atoms with E-state index in [9.17, 15) is 24.2 Å². The lowest BCUT2D eigenvalue weighted by molar-refractivity contribution is 0.0697. The number of carboxylic acid groups (broad SMARTS) is 1. The molecule has 1 aliphatic heterocycles. The SMILES string of the molecule is CN1CCN(c2cc3c(cc2F)c(=O)c(C(=O)O)c2scc(CO)n23)CC1. The largest absolute Gasteiger partial charge is 0.477 e. The van der Waals surface area contributed by atoms with Gasteiger partial charge in [0.15, 0.2) is 0 Å². The fourth-order valence-electron chi connectivity index (χ4n) is 3.53. The molecule has 2 N–H and O–H groups in total. The van der Waals surface area contributed by atoms with Crippen LogP contribution >= 0.6 is 11.3 Å². The normalized spacial score (nSPS) is 15.7. The first-order chi connectivity index (χ1) is 12.9. The van der Waals surface area contributed by atoms with Gasteiger partial charge in [-0.05, 0) is 19.2 Å². The lowest BCUT2D eigenvalue weighted by Crippen LogP contribution is -2.44. The molecule has 1 saturated heterocycles. The van der Waals surface area contributed by atoms with Crippen LogP contribution in [0.3, 0.4) is 0 Å². The van der Waals surface area contributed by atoms with E-state index in [2.05, 4.69) is 4.90 Å². The van der Waals surface area contributed by atoms with Gasteiger partial charge < -0.3 is 24.4 Å². The summed E-state index contributed by atoms with van der Waals surface area (Å²) in [5.74, 6) is -1.92. The van der Waals surface area contributed by atoms with Gasteiger partial charge in [-0.2, -0.15) is 0 Å². The fourth-order valence-corrected chi connectivity index (χ4v) is 4.58. The van der Waals surface area contributed by atoms with E-state index >= 15 is 0 Å². The summed E-state index contributed by atoms with van der Waals surface area (Å²) in [4.78, 5) is 28.7. The van der Waals surface area contributed by atoms with Gasteiger partial charge in [-0.15, -0.1) is 11.3 Å². The van der Waals surface area contributed by atoms with Crippen molar-refractivity contribution in [1.29, 1.82) is 0 Å². The number of piperazine rings is 1. The predicted molar refractivity (Wildman–Crippen MR) is 102 cm³/mol. The van der Waals surface area contributed by atoms with Crippen molar-refractivity contribution in [3.05, 3.63) is 44.8 Å². The van der Waals surface area contributed by atoms with Crippen molar-refractivity contribution < 1.29 is 19.4 Å². The maximum Gasteiger partial charge on any atom is 0.342 e. The summed E-state index contributed by atoms with van der Waals surface area (Å²) in [7, 11) is 2.00. The molecule has 3 aromatic rings. The Morgan fingerprint density at radius 3 is 2.59 bits per heavy atom. The molecule has 4 rings (SSSR count). The summed E-state index contributed by atoms with van der Waals surface area (Å²) in [6.07, 6.45) is 0. The highest BCUT2D eigenvalue weighted by molar-refractivity contribution is 7.16. The Labute approximate surface area is 157 Å². The zero-order valence-electron chi connectivity index (χ0n) is 14.6. The highest BCUT2D eigenvalue weighted by Crippen LogP contribution is 2.30. The molecule has 3 heterocycles. The highest BCUT2D eigenvalue weighted by atomic mass is 32.1. The number of aromatic nitrogens is 1. The Kier molecular flexibility index (Phi) is 4.37. The molecule has 0 amide bonds. The average Bonchev–Trinajstić information content (AvgIpc) is 3.06. The van der Waals surface area contributed by atoms with Gasteiger partial charge in [0.25, 0.3) is 0 Å². The third-order valence-corrected chi connectivity index (χ3v) is 6.01. The first-order valence-electron chi connectivity index (χ1n) is 8.48. The maximum atomic E-state index is 14.8. The van der Waals surface area contributed by atoms with Crippen molar-refractivity contribution in [2.24, 2.45) is 0 Å². The van der Waals surface area contributed by atoms with E-state index in [0.717, 1.165) is 30.5 Å². The molecule has 1 aromatic carbocycles. The number of aliphatic hydroxyl groups is 1. The molecule has 0 saturated carbocycles. The molecule has 0 aliphatic carbocycles. The van der Waals surface area contributed by atoms with Gasteiger partial charge >= 0.3 is 5.97 Å². The van der Waals surface area contributed by atoms with Crippen molar-refractivity contribution >= 4 is 38.7 Å². The van der Waals surface area contributed by atoms with Gasteiger partial charge in [0, 0.05) is 31.6 Å². The Bertz CT molecular complexity index is 1120. The van der Waals surface area contributed by atoms with Gasteiger partial charge in [0.2, 0.25) is 5.43 Å². The lowest BCUT2D eigenvalue weighted by Gasteiger charge is -2.34. The summed E-state index contributed by atoms with van der Waals surface area (Å²) in [5, 5.41) is 20.7. The van der Waals surface area contributed by atoms with E-state index in [1.807, 2.05) is 11.9 Å². The molecule has 0 atom stereocenters. The number of carbonyl (C=O) groups is 1. The zero-order valence-corrected chi connectivity index (χ0v) is 15.4. The van der Waals surface area contributed by atoms with Gasteiger partial charge in [-0.1, -0.05) is 0 Å². The minimum Gasteiger partial charge on any atom is -0.477 e. The summed E-state index contributed by atoms with van der Waals surface area (Å²) < 4.78 is 16.4. The number of pyridine rings is 1. The molecule has 1 aliphatic rings. The van der Waals surface area contributed by atoms with Crippen LogP contribution in [0.2, 0.25) is 0 Å². The van der Waals surface area contributed by atoms with Crippen LogP contribution in [0.5, 0.6) is 0 Å². The number of rotatable bonds is 3. The average molecular weight is 391 g/mol. The molecular formula is C18H18FN3O4S. The molecule has 27 heavy (non-hydrogen) atoms. The smallest absolute Gasteiger partial charge is 0.342 e. The number of carboxylic acids is 1. The van der Waals surface area contributed by atoms with Crippen LogP contribution in [0.25, 0.3) is 15.7 Å². The van der Waals surface area contributed by atoms with Crippen LogP contribution in [0.1, 0.15) is 16.1 Å². The zero-order chi connectivity index (χ0) is 19.3. The summed E-state index contributed by atoms with van der Waals surface area (Å²) in [6, 6.07) is 2.70. The number of aliphatic hydroxyl groups excluding tert-OH is 1. The van der Waals surface area contributed by atoms with Crippen LogP contribution in [0.4, 0.5) is 10.1 Å². The topological polar surface area (TPSA) is 85.5 Å². The molecule has 2 aromatic heterocycles. The maximum absolute atomic E-state index is 14.8. The number of benzene rings is 1. The van der Waals surface area contributed by atoms with Crippen LogP contribution in [-0.4, -0.2) is 58.7 Å².